The molecule has 2 aromatic heterocycles. The summed E-state index contributed by atoms with van der Waals surface area (Å²) in [5, 5.41) is 0. The lowest BCUT2D eigenvalue weighted by Gasteiger charge is -2.15. The van der Waals surface area contributed by atoms with Crippen LogP contribution >= 0.6 is 0 Å². The molecule has 2 heterocycles. The maximum absolute atomic E-state index is 12.8. The Hall–Kier alpha value is -3.41. The number of pyridine rings is 2. The van der Waals surface area contributed by atoms with Crippen LogP contribution in [0.4, 0.5) is 0 Å². The Labute approximate surface area is 163 Å². The van der Waals surface area contributed by atoms with Crippen LogP contribution in [-0.4, -0.2) is 22.4 Å². The van der Waals surface area contributed by atoms with E-state index in [2.05, 4.69) is 4.98 Å². The van der Waals surface area contributed by atoms with Crippen molar-refractivity contribution in [1.82, 2.24) is 9.55 Å². The van der Waals surface area contributed by atoms with Gasteiger partial charge in [0.25, 0.3) is 5.56 Å². The van der Waals surface area contributed by atoms with Crippen LogP contribution in [-0.2, 0) is 6.61 Å². The summed E-state index contributed by atoms with van der Waals surface area (Å²) in [4.78, 5) is 28.5. The van der Waals surface area contributed by atoms with Crippen LogP contribution in [0.2, 0.25) is 0 Å². The van der Waals surface area contributed by atoms with Gasteiger partial charge in [-0.1, -0.05) is 0 Å². The number of nitrogens with zero attached hydrogens (tertiary/aromatic N) is 2. The van der Waals surface area contributed by atoms with Crippen molar-refractivity contribution in [1.29, 1.82) is 0 Å². The van der Waals surface area contributed by atoms with Crippen molar-refractivity contribution in [2.45, 2.75) is 27.4 Å². The second kappa shape index (κ2) is 8.08. The van der Waals surface area contributed by atoms with Crippen LogP contribution in [0.5, 0.6) is 11.5 Å². The zero-order chi connectivity index (χ0) is 20.3. The van der Waals surface area contributed by atoms with Crippen LogP contribution < -0.4 is 15.0 Å². The van der Waals surface area contributed by atoms with E-state index >= 15 is 0 Å². The van der Waals surface area contributed by atoms with E-state index in [9.17, 15) is 9.59 Å². The lowest BCUT2D eigenvalue weighted by molar-refractivity contribution is 0.101. The van der Waals surface area contributed by atoms with Crippen LogP contribution in [0.1, 0.15) is 34.2 Å². The summed E-state index contributed by atoms with van der Waals surface area (Å²) in [5.41, 5.74) is 3.15. The first kappa shape index (κ1) is 19.4. The van der Waals surface area contributed by atoms with E-state index in [1.807, 2.05) is 44.2 Å². The lowest BCUT2D eigenvalue weighted by Crippen LogP contribution is -2.22. The van der Waals surface area contributed by atoms with Gasteiger partial charge in [0.05, 0.1) is 12.8 Å². The Bertz CT molecular complexity index is 1070. The minimum Gasteiger partial charge on any atom is -0.497 e. The first-order chi connectivity index (χ1) is 13.4. The number of Topliss-reactive ketones (excluding diaryl/α,β-unsaturated/α-hetero) is 1. The highest BCUT2D eigenvalue weighted by Gasteiger charge is 2.12. The van der Waals surface area contributed by atoms with Gasteiger partial charge in [-0.25, -0.2) is 0 Å². The topological polar surface area (TPSA) is 70.4 Å². The highest BCUT2D eigenvalue weighted by Crippen LogP contribution is 2.19. The molecule has 0 spiro atoms. The molecule has 0 atom stereocenters. The number of ketones is 1. The minimum absolute atomic E-state index is 0.142. The highest BCUT2D eigenvalue weighted by atomic mass is 16.5. The second-order valence-electron chi connectivity index (χ2n) is 6.56. The Morgan fingerprint density at radius 1 is 1.07 bits per heavy atom. The van der Waals surface area contributed by atoms with E-state index < -0.39 is 0 Å². The highest BCUT2D eigenvalue weighted by molar-refractivity contribution is 5.92. The largest absolute Gasteiger partial charge is 0.497 e. The number of carbonyl (C=O) groups excluding carboxylic acids is 1. The number of rotatable bonds is 6. The van der Waals surface area contributed by atoms with Crippen molar-refractivity contribution < 1.29 is 14.3 Å². The van der Waals surface area contributed by atoms with Gasteiger partial charge in [0.2, 0.25) is 0 Å². The first-order valence-electron chi connectivity index (χ1n) is 8.86. The normalized spacial score (nSPS) is 10.6. The molecule has 0 N–H and O–H groups in total. The molecule has 6 nitrogen and oxygen atoms in total. The fraction of sp³-hybridized carbons (Fsp3) is 0.227. The van der Waals surface area contributed by atoms with Crippen LogP contribution in [0.25, 0.3) is 5.69 Å². The average Bonchev–Trinajstić information content (AvgIpc) is 2.67. The SMILES string of the molecule is COc1ccc(OCc2cc(C)n(-c3cc(C(C)=O)ncc3C)c(=O)c2)cc1. The Morgan fingerprint density at radius 3 is 2.36 bits per heavy atom. The standard InChI is InChI=1S/C22H22N2O4/c1-14-12-23-20(16(3)25)11-21(14)24-15(2)9-17(10-22(24)26)13-28-19-7-5-18(27-4)6-8-19/h5-12H,13H2,1-4H3. The third-order valence-corrected chi connectivity index (χ3v) is 4.42. The summed E-state index contributed by atoms with van der Waals surface area (Å²) in [6.07, 6.45) is 1.61. The maximum Gasteiger partial charge on any atom is 0.255 e. The molecule has 144 valence electrons. The molecule has 28 heavy (non-hydrogen) atoms. The van der Waals surface area contributed by atoms with Gasteiger partial charge in [-0.05, 0) is 61.4 Å². The molecule has 0 amide bonds. The maximum atomic E-state index is 12.8. The molecule has 3 rings (SSSR count). The first-order valence-corrected chi connectivity index (χ1v) is 8.86. The second-order valence-corrected chi connectivity index (χ2v) is 6.56. The summed E-state index contributed by atoms with van der Waals surface area (Å²) in [6, 6.07) is 12.4. The summed E-state index contributed by atoms with van der Waals surface area (Å²) < 4.78 is 12.5. The van der Waals surface area contributed by atoms with Gasteiger partial charge in [-0.3, -0.25) is 19.1 Å². The average molecular weight is 378 g/mol. The van der Waals surface area contributed by atoms with Crippen LogP contribution in [0.15, 0.2) is 53.5 Å². The van der Waals surface area contributed by atoms with Gasteiger partial charge >= 0.3 is 0 Å². The Morgan fingerprint density at radius 2 is 1.75 bits per heavy atom. The van der Waals surface area contributed by atoms with Crippen LogP contribution in [0, 0.1) is 13.8 Å². The van der Waals surface area contributed by atoms with Gasteiger partial charge < -0.3 is 9.47 Å². The molecule has 0 fully saturated rings. The summed E-state index contributed by atoms with van der Waals surface area (Å²) in [5.74, 6) is 1.30. The van der Waals surface area contributed by atoms with Gasteiger partial charge in [-0.2, -0.15) is 0 Å². The zero-order valence-corrected chi connectivity index (χ0v) is 16.4. The third-order valence-electron chi connectivity index (χ3n) is 4.42. The van der Waals surface area contributed by atoms with Crippen molar-refractivity contribution in [2.75, 3.05) is 7.11 Å². The zero-order valence-electron chi connectivity index (χ0n) is 16.4. The number of benzene rings is 1. The number of carbonyl (C=O) groups is 1. The predicted molar refractivity (Wildman–Crippen MR) is 107 cm³/mol. The van der Waals surface area contributed by atoms with Crippen LogP contribution in [0.3, 0.4) is 0 Å². The van der Waals surface area contributed by atoms with E-state index in [4.69, 9.17) is 9.47 Å². The van der Waals surface area contributed by atoms with E-state index in [-0.39, 0.29) is 17.9 Å². The predicted octanol–water partition coefficient (Wildman–Crippen LogP) is 3.64. The smallest absolute Gasteiger partial charge is 0.255 e. The molecule has 0 bridgehead atoms. The molecule has 6 heteroatoms. The van der Waals surface area contributed by atoms with Crippen molar-refractivity contribution in [3.63, 3.8) is 0 Å². The summed E-state index contributed by atoms with van der Waals surface area (Å²) >= 11 is 0. The number of hydrogen-bond donors (Lipinski definition) is 0. The van der Waals surface area contributed by atoms with E-state index in [1.54, 1.807) is 30.0 Å². The van der Waals surface area contributed by atoms with E-state index in [0.717, 1.165) is 22.6 Å². The molecule has 0 saturated carbocycles. The van der Waals surface area contributed by atoms with Crippen molar-refractivity contribution >= 4 is 5.78 Å². The summed E-state index contributed by atoms with van der Waals surface area (Å²) in [6.45, 7) is 5.44. The van der Waals surface area contributed by atoms with Gasteiger partial charge in [-0.15, -0.1) is 0 Å². The minimum atomic E-state index is -0.183. The molecule has 3 aromatic rings. The van der Waals surface area contributed by atoms with Gasteiger partial charge in [0.15, 0.2) is 5.78 Å². The number of aryl methyl sites for hydroxylation is 2. The molecular formula is C22H22N2O4. The van der Waals surface area contributed by atoms with Crippen molar-refractivity contribution in [3.8, 4) is 17.2 Å². The number of aromatic nitrogens is 2. The van der Waals surface area contributed by atoms with E-state index in [0.29, 0.717) is 17.1 Å². The Balaban J connectivity index is 1.88. The number of hydrogen-bond acceptors (Lipinski definition) is 5. The summed E-state index contributed by atoms with van der Waals surface area (Å²) in [7, 11) is 1.61. The lowest BCUT2D eigenvalue weighted by atomic mass is 10.1. The fourth-order valence-electron chi connectivity index (χ4n) is 2.95. The fourth-order valence-corrected chi connectivity index (χ4v) is 2.95. The van der Waals surface area contributed by atoms with E-state index in [1.165, 1.54) is 6.92 Å². The molecule has 1 aromatic carbocycles. The molecule has 0 saturated heterocycles. The molecular weight excluding hydrogens is 356 g/mol. The Kier molecular flexibility index (Phi) is 5.59. The van der Waals surface area contributed by atoms with Crippen molar-refractivity contribution in [2.24, 2.45) is 0 Å². The quantitative estimate of drug-likeness (QED) is 0.613. The third kappa shape index (κ3) is 4.11. The van der Waals surface area contributed by atoms with Crippen molar-refractivity contribution in [3.05, 3.63) is 81.5 Å². The molecule has 0 aliphatic rings. The molecule has 0 radical (unpaired) electrons. The number of methoxy groups -OCH3 is 1. The molecule has 0 aliphatic carbocycles. The molecule has 0 unspecified atom stereocenters. The monoisotopic (exact) mass is 378 g/mol. The number of ether oxygens (including phenoxy) is 2. The van der Waals surface area contributed by atoms with Gasteiger partial charge in [0, 0.05) is 24.9 Å². The molecule has 0 aliphatic heterocycles. The van der Waals surface area contributed by atoms with Gasteiger partial charge in [0.1, 0.15) is 23.8 Å².